The van der Waals surface area contributed by atoms with Crippen molar-refractivity contribution in [2.24, 2.45) is 0 Å². The summed E-state index contributed by atoms with van der Waals surface area (Å²) in [6, 6.07) is 0. The van der Waals surface area contributed by atoms with E-state index in [1.807, 2.05) is 0 Å². The molecule has 1 heterocycles. The first-order chi connectivity index (χ1) is 12.4. The summed E-state index contributed by atoms with van der Waals surface area (Å²) in [5.74, 6) is 1.20. The number of nitrogens with zero attached hydrogens (tertiary/aromatic N) is 1. The lowest BCUT2D eigenvalue weighted by Gasteiger charge is -1.99. The lowest BCUT2D eigenvalue weighted by Crippen LogP contribution is -2.02. The summed E-state index contributed by atoms with van der Waals surface area (Å²) < 4.78 is 39.0. The maximum atomic E-state index is 9.75. The van der Waals surface area contributed by atoms with Crippen LogP contribution in [0.4, 0.5) is 17.3 Å². The minimum absolute atomic E-state index is 1.13. The molecule has 0 atom stereocenters. The number of H-pyrrole nitrogens is 1. The normalized spacial score (nSPS) is 11.3. The lowest BCUT2D eigenvalue weighted by molar-refractivity contribution is 0.368. The van der Waals surface area contributed by atoms with Crippen LogP contribution in [-0.4, -0.2) is 17.2 Å². The summed E-state index contributed by atoms with van der Waals surface area (Å²) >= 11 is 0. The summed E-state index contributed by atoms with van der Waals surface area (Å²) in [7, 11) is -6.00. The van der Waals surface area contributed by atoms with Gasteiger partial charge in [0.25, 0.3) is 0 Å². The molecule has 1 rings (SSSR count). The highest BCUT2D eigenvalue weighted by Crippen LogP contribution is 2.11. The molecule has 7 heteroatoms. The van der Waals surface area contributed by atoms with Gasteiger partial charge in [0.1, 0.15) is 5.82 Å². The van der Waals surface area contributed by atoms with Gasteiger partial charge in [0.2, 0.25) is 0 Å². The molecule has 0 aliphatic rings. The Labute approximate surface area is 156 Å². The second kappa shape index (κ2) is 16.2. The van der Waals surface area contributed by atoms with Gasteiger partial charge in [-0.3, -0.25) is 0 Å². The number of hydrogen-bond donors (Lipinski definition) is 1. The molecule has 0 fully saturated rings. The van der Waals surface area contributed by atoms with Crippen molar-refractivity contribution in [2.45, 2.75) is 104 Å². The molecule has 0 radical (unpaired) electrons. The van der Waals surface area contributed by atoms with Gasteiger partial charge >= 0.3 is 7.25 Å². The van der Waals surface area contributed by atoms with Crippen LogP contribution in [0, 0.1) is 0 Å². The average molecular weight is 379 g/mol. The van der Waals surface area contributed by atoms with Crippen LogP contribution in [0.25, 0.3) is 0 Å². The van der Waals surface area contributed by atoms with Crippen molar-refractivity contribution >= 4 is 7.25 Å². The van der Waals surface area contributed by atoms with Crippen LogP contribution in [0.2, 0.25) is 0 Å². The Morgan fingerprint density at radius 2 is 1.15 bits per heavy atom. The van der Waals surface area contributed by atoms with Gasteiger partial charge in [-0.15, -0.1) is 0 Å². The van der Waals surface area contributed by atoms with Gasteiger partial charge in [-0.1, -0.05) is 78.1 Å². The van der Waals surface area contributed by atoms with Crippen LogP contribution in [0.15, 0.2) is 6.20 Å². The van der Waals surface area contributed by atoms with Crippen molar-refractivity contribution in [1.29, 1.82) is 0 Å². The minimum atomic E-state index is -6.00. The standard InChI is InChI=1S/C19H36N2.BF4/c1-3-5-7-9-11-13-15-18-17-20-19(21-18)16-14-12-10-8-6-4-2;2-1(3,4)5/h17H,3-16H2,1-2H3,(H,20,21);/q;-1. The molecule has 0 aliphatic carbocycles. The van der Waals surface area contributed by atoms with Crippen LogP contribution >= 0.6 is 0 Å². The van der Waals surface area contributed by atoms with Gasteiger partial charge in [0.05, 0.1) is 5.69 Å². The van der Waals surface area contributed by atoms with Crippen LogP contribution in [0.1, 0.15) is 102 Å². The van der Waals surface area contributed by atoms with Crippen molar-refractivity contribution in [1.82, 2.24) is 9.97 Å². The molecule has 0 spiro atoms. The number of halogens is 4. The van der Waals surface area contributed by atoms with Crippen LogP contribution in [0.5, 0.6) is 0 Å². The van der Waals surface area contributed by atoms with Gasteiger partial charge in [0.15, 0.2) is 0 Å². The van der Waals surface area contributed by atoms with Crippen molar-refractivity contribution in [3.63, 3.8) is 0 Å². The van der Waals surface area contributed by atoms with E-state index >= 15 is 0 Å². The van der Waals surface area contributed by atoms with Crippen molar-refractivity contribution in [3.05, 3.63) is 17.7 Å². The Morgan fingerprint density at radius 1 is 0.731 bits per heavy atom. The topological polar surface area (TPSA) is 28.7 Å². The lowest BCUT2D eigenvalue weighted by atomic mass is 10.1. The highest BCUT2D eigenvalue weighted by atomic mass is 19.5. The molecule has 0 aliphatic heterocycles. The van der Waals surface area contributed by atoms with Crippen molar-refractivity contribution < 1.29 is 17.3 Å². The molecule has 26 heavy (non-hydrogen) atoms. The van der Waals surface area contributed by atoms with Gasteiger partial charge in [-0.25, -0.2) is 4.98 Å². The average Bonchev–Trinajstić information content (AvgIpc) is 3.00. The highest BCUT2D eigenvalue weighted by Gasteiger charge is 2.20. The third-order valence-corrected chi connectivity index (χ3v) is 4.24. The number of aromatic nitrogens is 2. The fourth-order valence-corrected chi connectivity index (χ4v) is 2.82. The quantitative estimate of drug-likeness (QED) is 0.202. The molecule has 2 nitrogen and oxygen atoms in total. The SMILES string of the molecule is CCCCCCCCc1c[nH]c(CCCCCCCC)n1.F[B-](F)(F)F. The third kappa shape index (κ3) is 19.3. The molecule has 1 aromatic heterocycles. The first kappa shape index (κ1) is 25.0. The van der Waals surface area contributed by atoms with E-state index in [0.717, 1.165) is 12.8 Å². The Bertz CT molecular complexity index is 385. The Kier molecular flexibility index (Phi) is 15.6. The summed E-state index contributed by atoms with van der Waals surface area (Å²) in [6.07, 6.45) is 20.7. The highest BCUT2D eigenvalue weighted by molar-refractivity contribution is 6.50. The largest absolute Gasteiger partial charge is 0.673 e. The number of aromatic amines is 1. The van der Waals surface area contributed by atoms with E-state index < -0.39 is 7.25 Å². The minimum Gasteiger partial charge on any atom is -0.418 e. The Hall–Kier alpha value is -1.01. The Morgan fingerprint density at radius 3 is 1.65 bits per heavy atom. The number of rotatable bonds is 14. The first-order valence-electron chi connectivity index (χ1n) is 10.3. The predicted molar refractivity (Wildman–Crippen MR) is 103 cm³/mol. The second-order valence-corrected chi connectivity index (χ2v) is 6.87. The number of aryl methyl sites for hydroxylation is 2. The Balaban J connectivity index is 0.00000110. The van der Waals surface area contributed by atoms with E-state index in [1.165, 1.54) is 88.6 Å². The smallest absolute Gasteiger partial charge is 0.418 e. The molecule has 154 valence electrons. The molecular weight excluding hydrogens is 343 g/mol. The van der Waals surface area contributed by atoms with E-state index in [-0.39, 0.29) is 0 Å². The van der Waals surface area contributed by atoms with Crippen molar-refractivity contribution in [3.8, 4) is 0 Å². The first-order valence-corrected chi connectivity index (χ1v) is 10.3. The van der Waals surface area contributed by atoms with Gasteiger partial charge < -0.3 is 22.2 Å². The molecule has 0 saturated heterocycles. The van der Waals surface area contributed by atoms with Crippen LogP contribution in [-0.2, 0) is 12.8 Å². The zero-order valence-electron chi connectivity index (χ0n) is 16.5. The van der Waals surface area contributed by atoms with E-state index in [2.05, 4.69) is 25.0 Å². The van der Waals surface area contributed by atoms with Gasteiger partial charge in [-0.05, 0) is 19.3 Å². The summed E-state index contributed by atoms with van der Waals surface area (Å²) in [6.45, 7) is 4.54. The summed E-state index contributed by atoms with van der Waals surface area (Å²) in [5, 5.41) is 0. The van der Waals surface area contributed by atoms with E-state index in [4.69, 9.17) is 4.98 Å². The molecule has 0 unspecified atom stereocenters. The number of imidazole rings is 1. The molecular formula is C19H36BF4N2-. The molecule has 1 N–H and O–H groups in total. The maximum absolute atomic E-state index is 9.75. The van der Waals surface area contributed by atoms with Crippen molar-refractivity contribution in [2.75, 3.05) is 0 Å². The number of unbranched alkanes of at least 4 members (excludes halogenated alkanes) is 10. The molecule has 0 saturated carbocycles. The predicted octanol–water partition coefficient (Wildman–Crippen LogP) is 7.52. The molecule has 0 aromatic carbocycles. The maximum Gasteiger partial charge on any atom is 0.673 e. The zero-order chi connectivity index (χ0) is 19.7. The molecule has 0 amide bonds. The van der Waals surface area contributed by atoms with Gasteiger partial charge in [0, 0.05) is 12.6 Å². The van der Waals surface area contributed by atoms with Gasteiger partial charge in [-0.2, -0.15) is 0 Å². The second-order valence-electron chi connectivity index (χ2n) is 6.87. The fourth-order valence-electron chi connectivity index (χ4n) is 2.82. The van der Waals surface area contributed by atoms with Crippen LogP contribution < -0.4 is 0 Å². The van der Waals surface area contributed by atoms with Crippen LogP contribution in [0.3, 0.4) is 0 Å². The van der Waals surface area contributed by atoms with E-state index in [1.54, 1.807) is 0 Å². The van der Waals surface area contributed by atoms with E-state index in [9.17, 15) is 17.3 Å². The molecule has 0 bridgehead atoms. The fraction of sp³-hybridized carbons (Fsp3) is 0.842. The van der Waals surface area contributed by atoms with E-state index in [0.29, 0.717) is 0 Å². The monoisotopic (exact) mass is 379 g/mol. The molecule has 1 aromatic rings. The summed E-state index contributed by atoms with van der Waals surface area (Å²) in [4.78, 5) is 8.08. The zero-order valence-corrected chi connectivity index (χ0v) is 16.5. The number of nitrogens with one attached hydrogen (secondary N) is 1. The number of hydrogen-bond acceptors (Lipinski definition) is 1. The summed E-state index contributed by atoms with van der Waals surface area (Å²) in [5.41, 5.74) is 1.27. The third-order valence-electron chi connectivity index (χ3n) is 4.24.